The number of hydrogen-bond acceptors (Lipinski definition) is 2. The molecule has 3 rings (SSSR count). The summed E-state index contributed by atoms with van der Waals surface area (Å²) in [5.74, 6) is 0.0313. The van der Waals surface area contributed by atoms with Crippen molar-refractivity contribution in [2.75, 3.05) is 13.1 Å². The third-order valence-electron chi connectivity index (χ3n) is 5.50. The molecule has 142 valence electrons. The Balaban J connectivity index is 1.67. The SMILES string of the molecule is Cc1cccc(C(=O)N2CCCC(C)(C(=O)NCc3ccccc3C)C2)c1. The summed E-state index contributed by atoms with van der Waals surface area (Å²) in [4.78, 5) is 27.6. The second kappa shape index (κ2) is 7.95. The second-order valence-electron chi connectivity index (χ2n) is 7.87. The highest BCUT2D eigenvalue weighted by Crippen LogP contribution is 2.31. The first kappa shape index (κ1) is 19.2. The third kappa shape index (κ3) is 4.38. The number of piperidine rings is 1. The van der Waals surface area contributed by atoms with Crippen molar-refractivity contribution < 1.29 is 9.59 Å². The summed E-state index contributed by atoms with van der Waals surface area (Å²) in [5.41, 5.74) is 3.50. The van der Waals surface area contributed by atoms with Crippen LogP contribution in [0.25, 0.3) is 0 Å². The van der Waals surface area contributed by atoms with Crippen molar-refractivity contribution in [1.82, 2.24) is 10.2 Å². The molecule has 2 amide bonds. The smallest absolute Gasteiger partial charge is 0.253 e. The van der Waals surface area contributed by atoms with Gasteiger partial charge < -0.3 is 10.2 Å². The minimum atomic E-state index is -0.555. The summed E-state index contributed by atoms with van der Waals surface area (Å²) < 4.78 is 0. The van der Waals surface area contributed by atoms with Crippen molar-refractivity contribution in [2.45, 2.75) is 40.2 Å². The second-order valence-corrected chi connectivity index (χ2v) is 7.87. The van der Waals surface area contributed by atoms with Crippen LogP contribution in [-0.4, -0.2) is 29.8 Å². The zero-order valence-corrected chi connectivity index (χ0v) is 16.4. The van der Waals surface area contributed by atoms with Crippen molar-refractivity contribution in [3.05, 3.63) is 70.8 Å². The molecule has 0 radical (unpaired) electrons. The molecular weight excluding hydrogens is 336 g/mol. The fourth-order valence-electron chi connectivity index (χ4n) is 3.76. The fourth-order valence-corrected chi connectivity index (χ4v) is 3.76. The molecule has 4 nitrogen and oxygen atoms in total. The topological polar surface area (TPSA) is 49.4 Å². The molecule has 1 N–H and O–H groups in total. The lowest BCUT2D eigenvalue weighted by molar-refractivity contribution is -0.132. The summed E-state index contributed by atoms with van der Waals surface area (Å²) >= 11 is 0. The monoisotopic (exact) mass is 364 g/mol. The Bertz CT molecular complexity index is 846. The van der Waals surface area contributed by atoms with Crippen LogP contribution in [0.5, 0.6) is 0 Å². The van der Waals surface area contributed by atoms with Gasteiger partial charge in [0, 0.05) is 25.2 Å². The van der Waals surface area contributed by atoms with Gasteiger partial charge in [0.05, 0.1) is 5.41 Å². The van der Waals surface area contributed by atoms with Crippen molar-refractivity contribution in [3.63, 3.8) is 0 Å². The van der Waals surface area contributed by atoms with Gasteiger partial charge in [-0.05, 0) is 56.9 Å². The lowest BCUT2D eigenvalue weighted by Crippen LogP contribution is -2.51. The molecule has 0 aliphatic carbocycles. The number of hydrogen-bond donors (Lipinski definition) is 1. The van der Waals surface area contributed by atoms with Crippen molar-refractivity contribution in [3.8, 4) is 0 Å². The van der Waals surface area contributed by atoms with Crippen molar-refractivity contribution >= 4 is 11.8 Å². The highest BCUT2D eigenvalue weighted by molar-refractivity contribution is 5.95. The van der Waals surface area contributed by atoms with Gasteiger partial charge in [-0.3, -0.25) is 9.59 Å². The van der Waals surface area contributed by atoms with Crippen LogP contribution in [0.4, 0.5) is 0 Å². The molecule has 0 saturated carbocycles. The first-order valence-electron chi connectivity index (χ1n) is 9.58. The number of rotatable bonds is 4. The first-order chi connectivity index (χ1) is 12.9. The molecule has 4 heteroatoms. The first-order valence-corrected chi connectivity index (χ1v) is 9.58. The van der Waals surface area contributed by atoms with E-state index in [0.717, 1.165) is 24.0 Å². The lowest BCUT2D eigenvalue weighted by Gasteiger charge is -2.39. The molecule has 1 heterocycles. The van der Waals surface area contributed by atoms with Gasteiger partial charge in [0.2, 0.25) is 5.91 Å². The van der Waals surface area contributed by atoms with E-state index in [0.29, 0.717) is 25.2 Å². The Kier molecular flexibility index (Phi) is 5.64. The Morgan fingerprint density at radius 2 is 1.89 bits per heavy atom. The molecule has 1 saturated heterocycles. The molecule has 0 aromatic heterocycles. The predicted octanol–water partition coefficient (Wildman–Crippen LogP) is 3.86. The summed E-state index contributed by atoms with van der Waals surface area (Å²) in [6.45, 7) is 7.68. The maximum Gasteiger partial charge on any atom is 0.253 e. The van der Waals surface area contributed by atoms with E-state index in [9.17, 15) is 9.59 Å². The molecule has 27 heavy (non-hydrogen) atoms. The number of nitrogens with zero attached hydrogens (tertiary/aromatic N) is 1. The number of benzene rings is 2. The molecular formula is C23H28N2O2. The summed E-state index contributed by atoms with van der Waals surface area (Å²) in [6, 6.07) is 15.7. The van der Waals surface area contributed by atoms with E-state index < -0.39 is 5.41 Å². The van der Waals surface area contributed by atoms with Gasteiger partial charge in [-0.1, -0.05) is 42.0 Å². The summed E-state index contributed by atoms with van der Waals surface area (Å²) in [6.07, 6.45) is 1.63. The van der Waals surface area contributed by atoms with Crippen LogP contribution in [0.2, 0.25) is 0 Å². The number of carbonyl (C=O) groups is 2. The van der Waals surface area contributed by atoms with Gasteiger partial charge in [-0.25, -0.2) is 0 Å². The minimum Gasteiger partial charge on any atom is -0.351 e. The molecule has 0 bridgehead atoms. The summed E-state index contributed by atoms with van der Waals surface area (Å²) in [5, 5.41) is 3.08. The van der Waals surface area contributed by atoms with Gasteiger partial charge in [-0.2, -0.15) is 0 Å². The molecule has 0 spiro atoms. The largest absolute Gasteiger partial charge is 0.351 e. The standard InChI is InChI=1S/C23H28N2O2/c1-17-8-6-11-19(14-17)21(26)25-13-7-12-23(3,16-25)22(27)24-15-20-10-5-4-9-18(20)2/h4-6,8-11,14H,7,12-13,15-16H2,1-3H3,(H,24,27). The fraction of sp³-hybridized carbons (Fsp3) is 0.391. The Hall–Kier alpha value is -2.62. The summed E-state index contributed by atoms with van der Waals surface area (Å²) in [7, 11) is 0. The van der Waals surface area contributed by atoms with E-state index in [1.807, 2.05) is 74.2 Å². The number of carbonyl (C=O) groups excluding carboxylic acids is 2. The molecule has 1 unspecified atom stereocenters. The van der Waals surface area contributed by atoms with E-state index in [-0.39, 0.29) is 11.8 Å². The zero-order valence-electron chi connectivity index (χ0n) is 16.4. The molecule has 2 aromatic carbocycles. The van der Waals surface area contributed by atoms with E-state index in [2.05, 4.69) is 5.32 Å². The van der Waals surface area contributed by atoms with Crippen LogP contribution in [-0.2, 0) is 11.3 Å². The van der Waals surface area contributed by atoms with Gasteiger partial charge in [-0.15, -0.1) is 0 Å². The van der Waals surface area contributed by atoms with Gasteiger partial charge >= 0.3 is 0 Å². The normalized spacial score (nSPS) is 19.6. The van der Waals surface area contributed by atoms with Crippen LogP contribution in [0.15, 0.2) is 48.5 Å². The van der Waals surface area contributed by atoms with E-state index in [1.165, 1.54) is 5.56 Å². The Morgan fingerprint density at radius 3 is 2.63 bits per heavy atom. The Morgan fingerprint density at radius 1 is 1.11 bits per heavy atom. The number of likely N-dealkylation sites (tertiary alicyclic amines) is 1. The average molecular weight is 364 g/mol. The molecule has 1 aliphatic rings. The quantitative estimate of drug-likeness (QED) is 0.895. The van der Waals surface area contributed by atoms with Crippen LogP contribution in [0, 0.1) is 19.3 Å². The van der Waals surface area contributed by atoms with Crippen molar-refractivity contribution in [2.24, 2.45) is 5.41 Å². The van der Waals surface area contributed by atoms with Crippen LogP contribution in [0.3, 0.4) is 0 Å². The minimum absolute atomic E-state index is 0.0105. The van der Waals surface area contributed by atoms with Crippen LogP contribution in [0.1, 0.15) is 46.8 Å². The van der Waals surface area contributed by atoms with E-state index in [1.54, 1.807) is 0 Å². The molecule has 1 fully saturated rings. The van der Waals surface area contributed by atoms with Crippen LogP contribution < -0.4 is 5.32 Å². The van der Waals surface area contributed by atoms with Crippen molar-refractivity contribution in [1.29, 1.82) is 0 Å². The van der Waals surface area contributed by atoms with E-state index >= 15 is 0 Å². The predicted molar refractivity (Wildman–Crippen MR) is 107 cm³/mol. The zero-order chi connectivity index (χ0) is 19.4. The molecule has 1 atom stereocenters. The van der Waals surface area contributed by atoms with Gasteiger partial charge in [0.15, 0.2) is 0 Å². The highest BCUT2D eigenvalue weighted by Gasteiger charge is 2.39. The van der Waals surface area contributed by atoms with E-state index in [4.69, 9.17) is 0 Å². The number of amides is 2. The highest BCUT2D eigenvalue weighted by atomic mass is 16.2. The lowest BCUT2D eigenvalue weighted by atomic mass is 9.80. The molecule has 2 aromatic rings. The molecule has 1 aliphatic heterocycles. The average Bonchev–Trinajstić information content (AvgIpc) is 2.66. The maximum atomic E-state index is 12.9. The Labute approximate surface area is 161 Å². The third-order valence-corrected chi connectivity index (χ3v) is 5.50. The van der Waals surface area contributed by atoms with Gasteiger partial charge in [0.1, 0.15) is 0 Å². The number of nitrogens with one attached hydrogen (secondary N) is 1. The van der Waals surface area contributed by atoms with Crippen LogP contribution >= 0.6 is 0 Å². The maximum absolute atomic E-state index is 12.9. The van der Waals surface area contributed by atoms with Gasteiger partial charge in [0.25, 0.3) is 5.91 Å². The number of aryl methyl sites for hydroxylation is 2.